The van der Waals surface area contributed by atoms with Gasteiger partial charge < -0.3 is 15.2 Å². The van der Waals surface area contributed by atoms with Gasteiger partial charge in [0.15, 0.2) is 0 Å². The van der Waals surface area contributed by atoms with Gasteiger partial charge in [0.05, 0.1) is 18.7 Å². The first-order chi connectivity index (χ1) is 10.9. The molecule has 7 nitrogen and oxygen atoms in total. The molecule has 2 aromatic rings. The summed E-state index contributed by atoms with van der Waals surface area (Å²) in [5.41, 5.74) is 1.74. The fourth-order valence-electron chi connectivity index (χ4n) is 1.97. The summed E-state index contributed by atoms with van der Waals surface area (Å²) in [7, 11) is 1.59. The normalized spacial score (nSPS) is 13.2. The Balaban J connectivity index is 2.08. The highest BCUT2D eigenvalue weighted by Gasteiger charge is 2.22. The van der Waals surface area contributed by atoms with Crippen LogP contribution in [0.15, 0.2) is 30.3 Å². The molecule has 3 N–H and O–H groups in total. The van der Waals surface area contributed by atoms with E-state index in [0.717, 1.165) is 11.3 Å². The highest BCUT2D eigenvalue weighted by atomic mass is 16.5. The largest absolute Gasteiger partial charge is 0.497 e. The predicted octanol–water partition coefficient (Wildman–Crippen LogP) is 1.92. The maximum absolute atomic E-state index is 12.1. The molecule has 7 heteroatoms. The molecular weight excluding hydrogens is 298 g/mol. The van der Waals surface area contributed by atoms with Crippen molar-refractivity contribution in [2.45, 2.75) is 19.9 Å². The van der Waals surface area contributed by atoms with Gasteiger partial charge in [-0.1, -0.05) is 0 Å². The molecule has 1 amide bonds. The molecule has 0 aliphatic rings. The predicted molar refractivity (Wildman–Crippen MR) is 84.3 cm³/mol. The van der Waals surface area contributed by atoms with Gasteiger partial charge in [-0.05, 0) is 44.2 Å². The van der Waals surface area contributed by atoms with Crippen molar-refractivity contribution in [1.29, 1.82) is 0 Å². The van der Waals surface area contributed by atoms with Crippen molar-refractivity contribution >= 4 is 11.9 Å². The molecule has 0 aliphatic carbocycles. The zero-order valence-corrected chi connectivity index (χ0v) is 13.2. The third kappa shape index (κ3) is 3.88. The fourth-order valence-corrected chi connectivity index (χ4v) is 1.97. The van der Waals surface area contributed by atoms with E-state index in [-0.39, 0.29) is 5.69 Å². The van der Waals surface area contributed by atoms with Crippen molar-refractivity contribution in [3.8, 4) is 17.0 Å². The van der Waals surface area contributed by atoms with E-state index in [4.69, 9.17) is 9.84 Å². The molecule has 0 aliphatic heterocycles. The molecule has 2 unspecified atom stereocenters. The Labute approximate surface area is 133 Å². The van der Waals surface area contributed by atoms with Gasteiger partial charge in [0.1, 0.15) is 11.4 Å². The van der Waals surface area contributed by atoms with E-state index in [9.17, 15) is 9.59 Å². The average molecular weight is 317 g/mol. The number of hydrogen-bond donors (Lipinski definition) is 3. The molecule has 0 saturated heterocycles. The van der Waals surface area contributed by atoms with Crippen molar-refractivity contribution in [2.75, 3.05) is 7.11 Å². The number of carboxylic acids is 1. The monoisotopic (exact) mass is 317 g/mol. The Hall–Kier alpha value is -2.83. The van der Waals surface area contributed by atoms with Gasteiger partial charge in [0.25, 0.3) is 5.91 Å². The highest BCUT2D eigenvalue weighted by molar-refractivity contribution is 5.93. The van der Waals surface area contributed by atoms with Gasteiger partial charge in [-0.25, -0.2) is 0 Å². The van der Waals surface area contributed by atoms with Crippen LogP contribution in [0.2, 0.25) is 0 Å². The maximum Gasteiger partial charge on any atom is 0.308 e. The molecule has 0 fully saturated rings. The number of methoxy groups -OCH3 is 1. The number of nitrogens with one attached hydrogen (secondary N) is 2. The molecular formula is C16H19N3O4. The fraction of sp³-hybridized carbons (Fsp3) is 0.312. The molecule has 0 spiro atoms. The van der Waals surface area contributed by atoms with Crippen molar-refractivity contribution in [2.24, 2.45) is 5.92 Å². The Morgan fingerprint density at radius 3 is 2.48 bits per heavy atom. The summed E-state index contributed by atoms with van der Waals surface area (Å²) in [4.78, 5) is 23.1. The summed E-state index contributed by atoms with van der Waals surface area (Å²) in [5.74, 6) is -1.29. The quantitative estimate of drug-likeness (QED) is 0.755. The second kappa shape index (κ2) is 6.95. The minimum Gasteiger partial charge on any atom is -0.497 e. The van der Waals surface area contributed by atoms with Gasteiger partial charge in [-0.15, -0.1) is 0 Å². The first-order valence-electron chi connectivity index (χ1n) is 7.16. The van der Waals surface area contributed by atoms with Crippen LogP contribution in [-0.2, 0) is 4.79 Å². The number of ether oxygens (including phenoxy) is 1. The van der Waals surface area contributed by atoms with Crippen molar-refractivity contribution in [3.05, 3.63) is 36.0 Å². The van der Waals surface area contributed by atoms with Crippen molar-refractivity contribution < 1.29 is 19.4 Å². The SMILES string of the molecule is COc1ccc(-c2cc(C(=O)NC(C)C(C)C(=O)O)[nH]n2)cc1. The lowest BCUT2D eigenvalue weighted by molar-refractivity contribution is -0.141. The lowest BCUT2D eigenvalue weighted by Crippen LogP contribution is -2.40. The average Bonchev–Trinajstić information content (AvgIpc) is 3.04. The number of H-pyrrole nitrogens is 1. The van der Waals surface area contributed by atoms with E-state index >= 15 is 0 Å². The zero-order valence-electron chi connectivity index (χ0n) is 13.2. The van der Waals surface area contributed by atoms with E-state index in [2.05, 4.69) is 15.5 Å². The zero-order chi connectivity index (χ0) is 17.0. The van der Waals surface area contributed by atoms with Crippen LogP contribution in [-0.4, -0.2) is 40.3 Å². The highest BCUT2D eigenvalue weighted by Crippen LogP contribution is 2.21. The number of benzene rings is 1. The third-order valence-corrected chi connectivity index (χ3v) is 3.71. The van der Waals surface area contributed by atoms with Gasteiger partial charge in [-0.3, -0.25) is 14.7 Å². The lowest BCUT2D eigenvalue weighted by Gasteiger charge is -2.16. The molecule has 122 valence electrons. The van der Waals surface area contributed by atoms with Gasteiger partial charge in [-0.2, -0.15) is 5.10 Å². The van der Waals surface area contributed by atoms with Gasteiger partial charge in [0, 0.05) is 11.6 Å². The number of amides is 1. The van der Waals surface area contributed by atoms with Crippen LogP contribution in [0, 0.1) is 5.92 Å². The van der Waals surface area contributed by atoms with Crippen LogP contribution in [0.4, 0.5) is 0 Å². The smallest absolute Gasteiger partial charge is 0.308 e. The Bertz CT molecular complexity index is 694. The number of carbonyl (C=O) groups is 2. The van der Waals surface area contributed by atoms with E-state index in [0.29, 0.717) is 5.69 Å². The molecule has 2 atom stereocenters. The topological polar surface area (TPSA) is 104 Å². The summed E-state index contributed by atoms with van der Waals surface area (Å²) in [6.45, 7) is 3.19. The van der Waals surface area contributed by atoms with Crippen molar-refractivity contribution in [1.82, 2.24) is 15.5 Å². The van der Waals surface area contributed by atoms with Crippen LogP contribution in [0.1, 0.15) is 24.3 Å². The van der Waals surface area contributed by atoms with Gasteiger partial charge >= 0.3 is 5.97 Å². The molecule has 0 saturated carbocycles. The maximum atomic E-state index is 12.1. The second-order valence-corrected chi connectivity index (χ2v) is 5.28. The number of aromatic nitrogens is 2. The van der Waals surface area contributed by atoms with Crippen LogP contribution < -0.4 is 10.1 Å². The molecule has 1 heterocycles. The van der Waals surface area contributed by atoms with Crippen LogP contribution in [0.5, 0.6) is 5.75 Å². The Kier molecular flexibility index (Phi) is 5.00. The summed E-state index contributed by atoms with van der Waals surface area (Å²) in [6.07, 6.45) is 0. The number of hydrogen-bond acceptors (Lipinski definition) is 4. The molecule has 0 bridgehead atoms. The number of carbonyl (C=O) groups excluding carboxylic acids is 1. The van der Waals surface area contributed by atoms with Crippen LogP contribution in [0.3, 0.4) is 0 Å². The van der Waals surface area contributed by atoms with E-state index in [1.807, 2.05) is 12.1 Å². The minimum absolute atomic E-state index is 0.278. The van der Waals surface area contributed by atoms with Gasteiger partial charge in [0.2, 0.25) is 0 Å². The molecule has 0 radical (unpaired) electrons. The minimum atomic E-state index is -0.957. The standard InChI is InChI=1S/C16H19N3O4/c1-9(16(21)22)10(2)17-15(20)14-8-13(18-19-14)11-4-6-12(23-3)7-5-11/h4-10H,1-3H3,(H,17,20)(H,18,19)(H,21,22). The molecule has 1 aromatic carbocycles. The summed E-state index contributed by atoms with van der Waals surface area (Å²) >= 11 is 0. The van der Waals surface area contributed by atoms with E-state index in [1.165, 1.54) is 0 Å². The molecule has 2 rings (SSSR count). The van der Waals surface area contributed by atoms with E-state index in [1.54, 1.807) is 39.2 Å². The number of rotatable bonds is 6. The Morgan fingerprint density at radius 2 is 1.91 bits per heavy atom. The van der Waals surface area contributed by atoms with E-state index < -0.39 is 23.8 Å². The first kappa shape index (κ1) is 16.5. The summed E-state index contributed by atoms with van der Waals surface area (Å²) < 4.78 is 5.09. The summed E-state index contributed by atoms with van der Waals surface area (Å²) in [6, 6.07) is 8.42. The number of aromatic amines is 1. The second-order valence-electron chi connectivity index (χ2n) is 5.28. The third-order valence-electron chi connectivity index (χ3n) is 3.71. The number of carboxylic acid groups (broad SMARTS) is 1. The number of nitrogens with zero attached hydrogens (tertiary/aromatic N) is 1. The molecule has 23 heavy (non-hydrogen) atoms. The van der Waals surface area contributed by atoms with Crippen molar-refractivity contribution in [3.63, 3.8) is 0 Å². The van der Waals surface area contributed by atoms with Crippen LogP contribution >= 0.6 is 0 Å². The number of aliphatic carboxylic acids is 1. The lowest BCUT2D eigenvalue weighted by atomic mass is 10.0. The summed E-state index contributed by atoms with van der Waals surface area (Å²) in [5, 5.41) is 18.4. The van der Waals surface area contributed by atoms with Crippen LogP contribution in [0.25, 0.3) is 11.3 Å². The Morgan fingerprint density at radius 1 is 1.26 bits per heavy atom. The first-order valence-corrected chi connectivity index (χ1v) is 7.16. The molecule has 1 aromatic heterocycles.